The average Bonchev–Trinajstić information content (AvgIpc) is 2.87. The van der Waals surface area contributed by atoms with Gasteiger partial charge in [0.1, 0.15) is 5.75 Å². The van der Waals surface area contributed by atoms with Crippen LogP contribution in [0.5, 0.6) is 5.75 Å². The maximum Gasteiger partial charge on any atom is 0.235 e. The van der Waals surface area contributed by atoms with Crippen molar-refractivity contribution in [1.29, 1.82) is 0 Å². The molecule has 8 heteroatoms. The zero-order valence-electron chi connectivity index (χ0n) is 11.6. The van der Waals surface area contributed by atoms with Crippen LogP contribution in [0.3, 0.4) is 0 Å². The van der Waals surface area contributed by atoms with Crippen molar-refractivity contribution in [2.24, 2.45) is 5.92 Å². The molecule has 2 N–H and O–H groups in total. The van der Waals surface area contributed by atoms with Gasteiger partial charge in [-0.1, -0.05) is 15.9 Å². The molecule has 1 heterocycles. The number of benzene rings is 1. The van der Waals surface area contributed by atoms with E-state index < -0.39 is 16.1 Å². The third-order valence-corrected chi connectivity index (χ3v) is 5.10. The topological polar surface area (TPSA) is 84.9 Å². The lowest BCUT2D eigenvalue weighted by molar-refractivity contribution is 0.0612. The van der Waals surface area contributed by atoms with E-state index in [9.17, 15) is 13.5 Å². The van der Waals surface area contributed by atoms with Crippen molar-refractivity contribution in [3.63, 3.8) is 0 Å². The summed E-state index contributed by atoms with van der Waals surface area (Å²) in [5, 5.41) is 9.49. The molecule has 1 saturated heterocycles. The minimum absolute atomic E-state index is 0.0189. The molecule has 0 spiro atoms. The van der Waals surface area contributed by atoms with Crippen molar-refractivity contribution in [2.75, 3.05) is 30.8 Å². The summed E-state index contributed by atoms with van der Waals surface area (Å²) < 4.78 is 38.0. The number of sulfonamides is 1. The van der Waals surface area contributed by atoms with Gasteiger partial charge in [-0.25, -0.2) is 8.42 Å². The molecule has 0 saturated carbocycles. The highest BCUT2D eigenvalue weighted by molar-refractivity contribution is 9.10. The normalized spacial score (nSPS) is 20.4. The smallest absolute Gasteiger partial charge is 0.235 e. The van der Waals surface area contributed by atoms with Gasteiger partial charge >= 0.3 is 0 Å². The molecule has 2 rings (SSSR count). The summed E-state index contributed by atoms with van der Waals surface area (Å²) in [6.45, 7) is 1.16. The lowest BCUT2D eigenvalue weighted by Gasteiger charge is -2.21. The van der Waals surface area contributed by atoms with Crippen LogP contribution in [0.25, 0.3) is 0 Å². The van der Waals surface area contributed by atoms with Gasteiger partial charge in [-0.3, -0.25) is 4.72 Å². The minimum atomic E-state index is -3.58. The first kappa shape index (κ1) is 16.5. The van der Waals surface area contributed by atoms with E-state index in [1.54, 1.807) is 6.07 Å². The summed E-state index contributed by atoms with van der Waals surface area (Å²) in [7, 11) is -2.08. The Balaban J connectivity index is 2.06. The van der Waals surface area contributed by atoms with Gasteiger partial charge in [0.05, 0.1) is 24.2 Å². The lowest BCUT2D eigenvalue weighted by Crippen LogP contribution is -2.33. The largest absolute Gasteiger partial charge is 0.508 e. The predicted molar refractivity (Wildman–Crippen MR) is 82.9 cm³/mol. The molecule has 0 radical (unpaired) electrons. The number of halogens is 1. The fraction of sp³-hybridized carbons (Fsp3) is 0.538. The standard InChI is InChI=1S/C13H18BrNO5S/c1-19-13(9-2-3-20-7-9)8-21(17,18)15-11-4-10(14)5-12(16)6-11/h4-6,9,13,15-16H,2-3,7-8H2,1H3. The number of aromatic hydroxyl groups is 1. The number of ether oxygens (including phenoxy) is 2. The Morgan fingerprint density at radius 1 is 1.52 bits per heavy atom. The molecule has 1 aromatic rings. The van der Waals surface area contributed by atoms with Crippen LogP contribution in [0.2, 0.25) is 0 Å². The molecular formula is C13H18BrNO5S. The summed E-state index contributed by atoms with van der Waals surface area (Å²) in [6.07, 6.45) is 0.386. The number of hydrogen-bond acceptors (Lipinski definition) is 5. The highest BCUT2D eigenvalue weighted by atomic mass is 79.9. The number of hydrogen-bond donors (Lipinski definition) is 2. The van der Waals surface area contributed by atoms with Gasteiger partial charge < -0.3 is 14.6 Å². The van der Waals surface area contributed by atoms with E-state index in [1.165, 1.54) is 19.2 Å². The van der Waals surface area contributed by atoms with E-state index in [-0.39, 0.29) is 17.4 Å². The second-order valence-corrected chi connectivity index (χ2v) is 7.66. The van der Waals surface area contributed by atoms with E-state index in [0.29, 0.717) is 23.4 Å². The molecule has 118 valence electrons. The number of methoxy groups -OCH3 is 1. The Labute approximate surface area is 132 Å². The van der Waals surface area contributed by atoms with Crippen LogP contribution in [-0.2, 0) is 19.5 Å². The van der Waals surface area contributed by atoms with E-state index in [4.69, 9.17) is 9.47 Å². The molecule has 6 nitrogen and oxygen atoms in total. The van der Waals surface area contributed by atoms with Gasteiger partial charge in [-0.15, -0.1) is 0 Å². The Morgan fingerprint density at radius 3 is 2.86 bits per heavy atom. The second-order valence-electron chi connectivity index (χ2n) is 4.98. The Hall–Kier alpha value is -0.830. The van der Waals surface area contributed by atoms with Crippen LogP contribution < -0.4 is 4.72 Å². The molecule has 0 aliphatic carbocycles. The van der Waals surface area contributed by atoms with Gasteiger partial charge in [0.2, 0.25) is 10.0 Å². The molecular weight excluding hydrogens is 362 g/mol. The highest BCUT2D eigenvalue weighted by Crippen LogP contribution is 2.25. The van der Waals surface area contributed by atoms with Crippen molar-refractivity contribution < 1.29 is 23.0 Å². The van der Waals surface area contributed by atoms with Gasteiger partial charge in [-0.2, -0.15) is 0 Å². The number of nitrogens with one attached hydrogen (secondary N) is 1. The first-order valence-corrected chi connectivity index (χ1v) is 8.95. The zero-order chi connectivity index (χ0) is 15.5. The molecule has 1 fully saturated rings. The molecule has 0 amide bonds. The summed E-state index contributed by atoms with van der Waals surface area (Å²) in [5.74, 6) is -0.0813. The van der Waals surface area contributed by atoms with Crippen LogP contribution in [-0.4, -0.2) is 45.7 Å². The fourth-order valence-corrected chi connectivity index (χ4v) is 4.20. The number of rotatable bonds is 6. The monoisotopic (exact) mass is 379 g/mol. The van der Waals surface area contributed by atoms with E-state index in [1.807, 2.05) is 0 Å². The summed E-state index contributed by atoms with van der Waals surface area (Å²) in [5.41, 5.74) is 0.305. The van der Waals surface area contributed by atoms with Crippen molar-refractivity contribution in [3.05, 3.63) is 22.7 Å². The average molecular weight is 380 g/mol. The second kappa shape index (κ2) is 6.95. The Bertz CT molecular complexity index is 566. The van der Waals surface area contributed by atoms with Crippen LogP contribution >= 0.6 is 15.9 Å². The number of anilines is 1. The predicted octanol–water partition coefficient (Wildman–Crippen LogP) is 1.95. The Morgan fingerprint density at radius 2 is 2.29 bits per heavy atom. The molecule has 0 bridgehead atoms. The Kier molecular flexibility index (Phi) is 5.48. The third kappa shape index (κ3) is 4.84. The van der Waals surface area contributed by atoms with Crippen LogP contribution in [0.15, 0.2) is 22.7 Å². The molecule has 1 aliphatic rings. The molecule has 21 heavy (non-hydrogen) atoms. The molecule has 1 aromatic carbocycles. The van der Waals surface area contributed by atoms with E-state index in [0.717, 1.165) is 6.42 Å². The molecule has 0 aromatic heterocycles. The summed E-state index contributed by atoms with van der Waals surface area (Å²) >= 11 is 3.20. The minimum Gasteiger partial charge on any atom is -0.508 e. The van der Waals surface area contributed by atoms with Gasteiger partial charge in [0.25, 0.3) is 0 Å². The van der Waals surface area contributed by atoms with E-state index in [2.05, 4.69) is 20.7 Å². The van der Waals surface area contributed by atoms with Gasteiger partial charge in [0, 0.05) is 30.2 Å². The van der Waals surface area contributed by atoms with Crippen LogP contribution in [0.1, 0.15) is 6.42 Å². The van der Waals surface area contributed by atoms with Gasteiger partial charge in [-0.05, 0) is 18.6 Å². The van der Waals surface area contributed by atoms with Crippen LogP contribution in [0, 0.1) is 5.92 Å². The first-order chi connectivity index (χ1) is 9.89. The first-order valence-electron chi connectivity index (χ1n) is 6.50. The molecule has 1 aliphatic heterocycles. The highest BCUT2D eigenvalue weighted by Gasteiger charge is 2.30. The van der Waals surface area contributed by atoms with Crippen LogP contribution in [0.4, 0.5) is 5.69 Å². The SMILES string of the molecule is COC(CS(=O)(=O)Nc1cc(O)cc(Br)c1)C1CCOC1. The third-order valence-electron chi connectivity index (χ3n) is 3.33. The van der Waals surface area contributed by atoms with Crippen molar-refractivity contribution in [2.45, 2.75) is 12.5 Å². The number of phenols is 1. The summed E-state index contributed by atoms with van der Waals surface area (Å²) in [6, 6.07) is 4.41. The molecule has 2 unspecified atom stereocenters. The van der Waals surface area contributed by atoms with Gasteiger partial charge in [0.15, 0.2) is 0 Å². The maximum atomic E-state index is 12.2. The fourth-order valence-electron chi connectivity index (χ4n) is 2.31. The molecule has 2 atom stereocenters. The quantitative estimate of drug-likeness (QED) is 0.788. The zero-order valence-corrected chi connectivity index (χ0v) is 14.0. The van der Waals surface area contributed by atoms with Crippen molar-refractivity contribution >= 4 is 31.6 Å². The van der Waals surface area contributed by atoms with E-state index >= 15 is 0 Å². The number of phenolic OH excluding ortho intramolecular Hbond substituents is 1. The summed E-state index contributed by atoms with van der Waals surface area (Å²) in [4.78, 5) is 0. The van der Waals surface area contributed by atoms with Crippen molar-refractivity contribution in [1.82, 2.24) is 0 Å². The lowest BCUT2D eigenvalue weighted by atomic mass is 10.0. The van der Waals surface area contributed by atoms with Crippen molar-refractivity contribution in [3.8, 4) is 5.75 Å². The maximum absolute atomic E-state index is 12.2.